The molecule has 1 heterocycles. The molecule has 0 N–H and O–H groups in total. The van der Waals surface area contributed by atoms with E-state index in [0.29, 0.717) is 18.8 Å². The third-order valence-electron chi connectivity index (χ3n) is 2.84. The first-order chi connectivity index (χ1) is 10.2. The number of pyridine rings is 1. The van der Waals surface area contributed by atoms with Crippen LogP contribution in [-0.2, 0) is 22.7 Å². The van der Waals surface area contributed by atoms with Crippen LogP contribution in [0.2, 0.25) is 0 Å². The highest BCUT2D eigenvalue weighted by Gasteiger charge is 2.05. The Morgan fingerprint density at radius 3 is 2.67 bits per heavy atom. The van der Waals surface area contributed by atoms with Gasteiger partial charge >= 0.3 is 5.97 Å². The summed E-state index contributed by atoms with van der Waals surface area (Å²) in [5.74, 6) is 0.352. The zero-order valence-corrected chi connectivity index (χ0v) is 12.0. The standard InChI is InChI=1S/C16H17NO4/c1-19-10-12-4-3-5-15(8-12)21-11-14-7-6-13(9-17-14)16(18)20-2/h3-9H,10-11H2,1-2H3. The summed E-state index contributed by atoms with van der Waals surface area (Å²) in [5, 5.41) is 0. The largest absolute Gasteiger partial charge is 0.487 e. The maximum absolute atomic E-state index is 11.3. The van der Waals surface area contributed by atoms with Gasteiger partial charge in [-0.1, -0.05) is 12.1 Å². The number of hydrogen-bond donors (Lipinski definition) is 0. The lowest BCUT2D eigenvalue weighted by molar-refractivity contribution is 0.0600. The van der Waals surface area contributed by atoms with E-state index in [0.717, 1.165) is 17.0 Å². The molecule has 0 amide bonds. The molecule has 110 valence electrons. The third-order valence-corrected chi connectivity index (χ3v) is 2.84. The molecule has 0 saturated carbocycles. The highest BCUT2D eigenvalue weighted by atomic mass is 16.5. The molecule has 5 heteroatoms. The first-order valence-corrected chi connectivity index (χ1v) is 6.47. The van der Waals surface area contributed by atoms with E-state index in [1.807, 2.05) is 24.3 Å². The van der Waals surface area contributed by atoms with Gasteiger partial charge in [0.25, 0.3) is 0 Å². The predicted molar refractivity (Wildman–Crippen MR) is 77.1 cm³/mol. The van der Waals surface area contributed by atoms with Crippen LogP contribution in [0.15, 0.2) is 42.6 Å². The normalized spacial score (nSPS) is 10.2. The Bertz CT molecular complexity index is 595. The van der Waals surface area contributed by atoms with Gasteiger partial charge in [0.2, 0.25) is 0 Å². The summed E-state index contributed by atoms with van der Waals surface area (Å²) in [6.07, 6.45) is 1.48. The van der Waals surface area contributed by atoms with Crippen molar-refractivity contribution in [3.8, 4) is 5.75 Å². The van der Waals surface area contributed by atoms with Gasteiger partial charge in [0, 0.05) is 13.3 Å². The average Bonchev–Trinajstić information content (AvgIpc) is 2.53. The fourth-order valence-electron chi connectivity index (χ4n) is 1.80. The number of rotatable bonds is 6. The Hall–Kier alpha value is -2.40. The summed E-state index contributed by atoms with van der Waals surface area (Å²) in [6, 6.07) is 11.1. The number of carbonyl (C=O) groups excluding carboxylic acids is 1. The molecule has 0 aliphatic rings. The van der Waals surface area contributed by atoms with Gasteiger partial charge in [-0.25, -0.2) is 4.79 Å². The van der Waals surface area contributed by atoms with Gasteiger partial charge in [-0.15, -0.1) is 0 Å². The summed E-state index contributed by atoms with van der Waals surface area (Å²) >= 11 is 0. The minimum atomic E-state index is -0.401. The predicted octanol–water partition coefficient (Wildman–Crippen LogP) is 2.59. The average molecular weight is 287 g/mol. The first-order valence-electron chi connectivity index (χ1n) is 6.47. The number of hydrogen-bond acceptors (Lipinski definition) is 5. The van der Waals surface area contributed by atoms with Crippen LogP contribution in [0.4, 0.5) is 0 Å². The molecule has 0 spiro atoms. The van der Waals surface area contributed by atoms with E-state index in [1.54, 1.807) is 19.2 Å². The molecule has 2 aromatic rings. The second-order valence-electron chi connectivity index (χ2n) is 4.40. The molecule has 0 atom stereocenters. The van der Waals surface area contributed by atoms with Gasteiger partial charge < -0.3 is 14.2 Å². The van der Waals surface area contributed by atoms with E-state index in [9.17, 15) is 4.79 Å². The van der Waals surface area contributed by atoms with Crippen molar-refractivity contribution >= 4 is 5.97 Å². The van der Waals surface area contributed by atoms with Gasteiger partial charge in [0.1, 0.15) is 12.4 Å². The van der Waals surface area contributed by atoms with Crippen molar-refractivity contribution in [1.82, 2.24) is 4.98 Å². The van der Waals surface area contributed by atoms with Crippen LogP contribution in [-0.4, -0.2) is 25.2 Å². The van der Waals surface area contributed by atoms with Crippen molar-refractivity contribution in [2.24, 2.45) is 0 Å². The summed E-state index contributed by atoms with van der Waals surface area (Å²) in [4.78, 5) is 15.5. The van der Waals surface area contributed by atoms with E-state index in [1.165, 1.54) is 13.3 Å². The van der Waals surface area contributed by atoms with E-state index in [4.69, 9.17) is 9.47 Å². The van der Waals surface area contributed by atoms with E-state index in [-0.39, 0.29) is 0 Å². The summed E-state index contributed by atoms with van der Waals surface area (Å²) in [5.41, 5.74) is 2.20. The zero-order chi connectivity index (χ0) is 15.1. The number of aromatic nitrogens is 1. The smallest absolute Gasteiger partial charge is 0.339 e. The molecule has 21 heavy (non-hydrogen) atoms. The second kappa shape index (κ2) is 7.40. The van der Waals surface area contributed by atoms with Gasteiger partial charge in [0.15, 0.2) is 0 Å². The molecule has 0 bridgehead atoms. The fourth-order valence-corrected chi connectivity index (χ4v) is 1.80. The SMILES string of the molecule is COCc1cccc(OCc2ccc(C(=O)OC)cn2)c1. The van der Waals surface area contributed by atoms with Crippen molar-refractivity contribution in [1.29, 1.82) is 0 Å². The Labute approximate surface area is 123 Å². The van der Waals surface area contributed by atoms with E-state index >= 15 is 0 Å². The van der Waals surface area contributed by atoms with Crippen molar-refractivity contribution in [3.05, 3.63) is 59.4 Å². The number of ether oxygens (including phenoxy) is 3. The second-order valence-corrected chi connectivity index (χ2v) is 4.40. The minimum Gasteiger partial charge on any atom is -0.487 e. The van der Waals surface area contributed by atoms with Crippen LogP contribution < -0.4 is 4.74 Å². The molecule has 0 radical (unpaired) electrons. The Kier molecular flexibility index (Phi) is 5.29. The van der Waals surface area contributed by atoms with Crippen molar-refractivity contribution in [2.75, 3.05) is 14.2 Å². The summed E-state index contributed by atoms with van der Waals surface area (Å²) in [6.45, 7) is 0.876. The third kappa shape index (κ3) is 4.29. The zero-order valence-electron chi connectivity index (χ0n) is 12.0. The van der Waals surface area contributed by atoms with Gasteiger partial charge in [-0.3, -0.25) is 4.98 Å². The van der Waals surface area contributed by atoms with Gasteiger partial charge in [-0.05, 0) is 29.8 Å². The highest BCUT2D eigenvalue weighted by Crippen LogP contribution is 2.15. The van der Waals surface area contributed by atoms with Crippen LogP contribution in [0.25, 0.3) is 0 Å². The Balaban J connectivity index is 1.96. The molecular weight excluding hydrogens is 270 g/mol. The van der Waals surface area contributed by atoms with Crippen molar-refractivity contribution in [2.45, 2.75) is 13.2 Å². The quantitative estimate of drug-likeness (QED) is 0.764. The van der Waals surface area contributed by atoms with E-state index in [2.05, 4.69) is 9.72 Å². The number of benzene rings is 1. The molecule has 0 saturated heterocycles. The molecule has 0 aliphatic carbocycles. The Morgan fingerprint density at radius 2 is 2.00 bits per heavy atom. The number of carbonyl (C=O) groups is 1. The van der Waals surface area contributed by atoms with Crippen LogP contribution >= 0.6 is 0 Å². The maximum atomic E-state index is 11.3. The van der Waals surface area contributed by atoms with Gasteiger partial charge in [-0.2, -0.15) is 0 Å². The summed E-state index contributed by atoms with van der Waals surface area (Å²) < 4.78 is 15.4. The molecule has 0 aliphatic heterocycles. The van der Waals surface area contributed by atoms with Crippen molar-refractivity contribution in [3.63, 3.8) is 0 Å². The van der Waals surface area contributed by atoms with Crippen LogP contribution in [0.3, 0.4) is 0 Å². The molecule has 1 aromatic carbocycles. The summed E-state index contributed by atoms with van der Waals surface area (Å²) in [7, 11) is 2.99. The first kappa shape index (κ1) is 15.0. The maximum Gasteiger partial charge on any atom is 0.339 e. The van der Waals surface area contributed by atoms with Gasteiger partial charge in [0.05, 0.1) is 25.0 Å². The number of esters is 1. The number of methoxy groups -OCH3 is 2. The highest BCUT2D eigenvalue weighted by molar-refractivity contribution is 5.88. The molecule has 0 unspecified atom stereocenters. The lowest BCUT2D eigenvalue weighted by Crippen LogP contribution is -2.04. The van der Waals surface area contributed by atoms with Crippen LogP contribution in [0.5, 0.6) is 5.75 Å². The number of nitrogens with zero attached hydrogens (tertiary/aromatic N) is 1. The Morgan fingerprint density at radius 1 is 1.14 bits per heavy atom. The fraction of sp³-hybridized carbons (Fsp3) is 0.250. The van der Waals surface area contributed by atoms with E-state index < -0.39 is 5.97 Å². The lowest BCUT2D eigenvalue weighted by atomic mass is 10.2. The molecule has 1 aromatic heterocycles. The van der Waals surface area contributed by atoms with Crippen LogP contribution in [0.1, 0.15) is 21.6 Å². The monoisotopic (exact) mass is 287 g/mol. The topological polar surface area (TPSA) is 57.7 Å². The van der Waals surface area contributed by atoms with Crippen molar-refractivity contribution < 1.29 is 19.0 Å². The molecule has 0 fully saturated rings. The molecular formula is C16H17NO4. The van der Waals surface area contributed by atoms with Crippen LogP contribution in [0, 0.1) is 0 Å². The minimum absolute atomic E-state index is 0.331. The lowest BCUT2D eigenvalue weighted by Gasteiger charge is -2.08. The molecule has 2 rings (SSSR count). The molecule has 5 nitrogen and oxygen atoms in total.